The second-order valence-corrected chi connectivity index (χ2v) is 8.79. The minimum atomic E-state index is -0.845. The van der Waals surface area contributed by atoms with Gasteiger partial charge in [0.05, 0.1) is 6.04 Å². The smallest absolute Gasteiger partial charge is 0.160 e. The third-order valence-corrected chi connectivity index (χ3v) is 5.05. The van der Waals surface area contributed by atoms with Gasteiger partial charge in [0, 0.05) is 24.6 Å². The molecule has 2 aromatic carbocycles. The first-order valence-electron chi connectivity index (χ1n) is 9.48. The summed E-state index contributed by atoms with van der Waals surface area (Å²) in [6.07, 6.45) is 2.85. The Labute approximate surface area is 160 Å². The quantitative estimate of drug-likeness (QED) is 0.707. The van der Waals surface area contributed by atoms with E-state index < -0.39 is 11.6 Å². The topological polar surface area (TPSA) is 29.1 Å². The molecule has 0 heterocycles. The van der Waals surface area contributed by atoms with Crippen LogP contribution in [0, 0.1) is 24.0 Å². The molecule has 0 bridgehead atoms. The van der Waals surface area contributed by atoms with Crippen molar-refractivity contribution in [3.05, 3.63) is 64.2 Å². The number of aryl methyl sites for hydroxylation is 2. The number of fused-ring (bicyclic) bond motifs is 1. The van der Waals surface area contributed by atoms with Gasteiger partial charge in [-0.15, -0.1) is 0 Å². The van der Waals surface area contributed by atoms with E-state index in [1.807, 2.05) is 6.92 Å². The maximum atomic E-state index is 13.5. The number of rotatable bonds is 5. The number of carbonyl (C=O) groups is 1. The van der Waals surface area contributed by atoms with Gasteiger partial charge in [0.1, 0.15) is 5.78 Å². The Morgan fingerprint density at radius 1 is 1.15 bits per heavy atom. The first-order valence-corrected chi connectivity index (χ1v) is 9.48. The molecular weight excluding hydrogens is 344 g/mol. The van der Waals surface area contributed by atoms with Crippen molar-refractivity contribution in [3.8, 4) is 0 Å². The van der Waals surface area contributed by atoms with E-state index in [9.17, 15) is 13.6 Å². The fourth-order valence-electron chi connectivity index (χ4n) is 3.82. The van der Waals surface area contributed by atoms with E-state index in [4.69, 9.17) is 0 Å². The Balaban J connectivity index is 1.76. The van der Waals surface area contributed by atoms with E-state index in [1.165, 1.54) is 17.2 Å². The zero-order valence-corrected chi connectivity index (χ0v) is 16.5. The van der Waals surface area contributed by atoms with Gasteiger partial charge in [-0.1, -0.05) is 32.9 Å². The van der Waals surface area contributed by atoms with E-state index >= 15 is 0 Å². The number of nitrogens with one attached hydrogen (secondary N) is 1. The van der Waals surface area contributed by atoms with Crippen molar-refractivity contribution in [2.45, 2.75) is 59.4 Å². The number of hydrogen-bond donors (Lipinski definition) is 1. The number of hydrogen-bond acceptors (Lipinski definition) is 2. The van der Waals surface area contributed by atoms with Crippen molar-refractivity contribution in [2.75, 3.05) is 5.32 Å². The lowest BCUT2D eigenvalue weighted by molar-refractivity contribution is -0.120. The number of halogens is 2. The summed E-state index contributed by atoms with van der Waals surface area (Å²) < 4.78 is 26.6. The van der Waals surface area contributed by atoms with Crippen molar-refractivity contribution in [1.29, 1.82) is 0 Å². The number of ketones is 1. The zero-order valence-electron chi connectivity index (χ0n) is 16.5. The molecule has 2 nitrogen and oxygen atoms in total. The lowest BCUT2D eigenvalue weighted by Gasteiger charge is -2.19. The van der Waals surface area contributed by atoms with Crippen molar-refractivity contribution in [1.82, 2.24) is 0 Å². The molecule has 27 heavy (non-hydrogen) atoms. The molecule has 0 spiro atoms. The van der Waals surface area contributed by atoms with Crippen LogP contribution in [-0.2, 0) is 17.6 Å². The average Bonchev–Trinajstić information content (AvgIpc) is 2.91. The predicted molar refractivity (Wildman–Crippen MR) is 105 cm³/mol. The lowest BCUT2D eigenvalue weighted by atomic mass is 9.87. The van der Waals surface area contributed by atoms with Gasteiger partial charge in [-0.05, 0) is 59.6 Å². The summed E-state index contributed by atoms with van der Waals surface area (Å²) in [5, 5.41) is 3.31. The van der Waals surface area contributed by atoms with E-state index in [0.717, 1.165) is 30.0 Å². The molecule has 144 valence electrons. The Hall–Kier alpha value is -2.23. The van der Waals surface area contributed by atoms with Gasteiger partial charge in [0.15, 0.2) is 11.6 Å². The Morgan fingerprint density at radius 3 is 2.56 bits per heavy atom. The van der Waals surface area contributed by atoms with Crippen LogP contribution in [0.1, 0.15) is 61.9 Å². The van der Waals surface area contributed by atoms with Crippen LogP contribution in [0.2, 0.25) is 0 Å². The summed E-state index contributed by atoms with van der Waals surface area (Å²) in [6, 6.07) is 8.26. The maximum absolute atomic E-state index is 13.5. The second-order valence-electron chi connectivity index (χ2n) is 8.79. The summed E-state index contributed by atoms with van der Waals surface area (Å²) in [5.41, 5.74) is 5.20. The largest absolute Gasteiger partial charge is 0.378 e. The summed E-state index contributed by atoms with van der Waals surface area (Å²) in [4.78, 5) is 12.4. The van der Waals surface area contributed by atoms with Gasteiger partial charge in [0.2, 0.25) is 0 Å². The van der Waals surface area contributed by atoms with Gasteiger partial charge >= 0.3 is 0 Å². The minimum absolute atomic E-state index is 0.00115. The van der Waals surface area contributed by atoms with Gasteiger partial charge < -0.3 is 5.32 Å². The monoisotopic (exact) mass is 371 g/mol. The van der Waals surface area contributed by atoms with Gasteiger partial charge in [-0.3, -0.25) is 4.79 Å². The third kappa shape index (κ3) is 4.74. The molecule has 1 aliphatic carbocycles. The van der Waals surface area contributed by atoms with E-state index in [1.54, 1.807) is 6.07 Å². The highest BCUT2D eigenvalue weighted by atomic mass is 19.2. The van der Waals surface area contributed by atoms with Crippen LogP contribution in [-0.4, -0.2) is 5.78 Å². The molecule has 0 fully saturated rings. The molecule has 1 aliphatic rings. The highest BCUT2D eigenvalue weighted by Gasteiger charge is 2.25. The van der Waals surface area contributed by atoms with E-state index in [0.29, 0.717) is 18.5 Å². The van der Waals surface area contributed by atoms with Crippen molar-refractivity contribution in [3.63, 3.8) is 0 Å². The molecule has 3 rings (SSSR count). The van der Waals surface area contributed by atoms with Crippen molar-refractivity contribution in [2.24, 2.45) is 5.41 Å². The number of anilines is 1. The van der Waals surface area contributed by atoms with Crippen LogP contribution in [0.4, 0.5) is 14.5 Å². The molecule has 1 atom stereocenters. The number of benzene rings is 2. The summed E-state index contributed by atoms with van der Waals surface area (Å²) in [7, 11) is 0. The van der Waals surface area contributed by atoms with Crippen molar-refractivity contribution >= 4 is 11.5 Å². The SMILES string of the molecule is Cc1cc2c(cc1CC(=O)CC(C)(C)C)CCC2Nc1ccc(F)c(F)c1. The van der Waals surface area contributed by atoms with Crippen molar-refractivity contribution < 1.29 is 13.6 Å². The molecule has 0 aliphatic heterocycles. The molecule has 0 saturated carbocycles. The molecule has 0 aromatic heterocycles. The maximum Gasteiger partial charge on any atom is 0.160 e. The zero-order chi connectivity index (χ0) is 19.8. The summed E-state index contributed by atoms with van der Waals surface area (Å²) >= 11 is 0. The van der Waals surface area contributed by atoms with Gasteiger partial charge in [-0.2, -0.15) is 0 Å². The van der Waals surface area contributed by atoms with Crippen LogP contribution in [0.3, 0.4) is 0 Å². The fourth-order valence-corrected chi connectivity index (χ4v) is 3.82. The highest BCUT2D eigenvalue weighted by molar-refractivity contribution is 5.82. The molecular formula is C23H27F2NO. The molecule has 0 radical (unpaired) electrons. The first kappa shape index (κ1) is 19.5. The average molecular weight is 371 g/mol. The molecule has 0 amide bonds. The lowest BCUT2D eigenvalue weighted by Crippen LogP contribution is -2.15. The van der Waals surface area contributed by atoms with Gasteiger partial charge in [0.25, 0.3) is 0 Å². The highest BCUT2D eigenvalue weighted by Crippen LogP contribution is 2.36. The summed E-state index contributed by atoms with van der Waals surface area (Å²) in [5.74, 6) is -1.42. The minimum Gasteiger partial charge on any atom is -0.378 e. The third-order valence-electron chi connectivity index (χ3n) is 5.05. The predicted octanol–water partition coefficient (Wildman–Crippen LogP) is 5.92. The number of Topliss-reactive ketones (excluding diaryl/α,β-unsaturated/α-hetero) is 1. The molecule has 1 unspecified atom stereocenters. The van der Waals surface area contributed by atoms with Gasteiger partial charge in [-0.25, -0.2) is 8.78 Å². The Bertz CT molecular complexity index is 867. The van der Waals surface area contributed by atoms with Crippen LogP contribution < -0.4 is 5.32 Å². The normalized spacial score (nSPS) is 16.3. The second kappa shape index (κ2) is 7.41. The van der Waals surface area contributed by atoms with E-state index in [2.05, 4.69) is 38.2 Å². The molecule has 2 aromatic rings. The number of carbonyl (C=O) groups excluding carboxylic acids is 1. The van der Waals surface area contributed by atoms with E-state index in [-0.39, 0.29) is 17.2 Å². The van der Waals surface area contributed by atoms with Crippen LogP contribution in [0.5, 0.6) is 0 Å². The molecule has 1 N–H and O–H groups in total. The first-order chi connectivity index (χ1) is 12.6. The van der Waals surface area contributed by atoms with Crippen LogP contribution in [0.25, 0.3) is 0 Å². The van der Waals surface area contributed by atoms with Crippen LogP contribution in [0.15, 0.2) is 30.3 Å². The van der Waals surface area contributed by atoms with Crippen LogP contribution >= 0.6 is 0 Å². The fraction of sp³-hybridized carbons (Fsp3) is 0.435. The molecule has 4 heteroatoms. The molecule has 0 saturated heterocycles. The Morgan fingerprint density at radius 2 is 1.89 bits per heavy atom. The Kier molecular flexibility index (Phi) is 5.36. The standard InChI is InChI=1S/C23H27F2NO/c1-14-9-19-15(10-16(14)11-18(27)13-23(2,3)4)5-8-22(19)26-17-6-7-20(24)21(25)12-17/h6-7,9-10,12,22,26H,5,8,11,13H2,1-4H3. The summed E-state index contributed by atoms with van der Waals surface area (Å²) in [6.45, 7) is 8.27.